The summed E-state index contributed by atoms with van der Waals surface area (Å²) in [6.45, 7) is 1.23. The lowest BCUT2D eigenvalue weighted by molar-refractivity contribution is -0.188. The van der Waals surface area contributed by atoms with E-state index in [0.29, 0.717) is 44.6 Å². The van der Waals surface area contributed by atoms with Crippen molar-refractivity contribution < 1.29 is 23.7 Å². The molecule has 1 heterocycles. The van der Waals surface area contributed by atoms with Crippen molar-refractivity contribution >= 4 is 11.7 Å². The van der Waals surface area contributed by atoms with Gasteiger partial charge in [-0.05, 0) is 25.0 Å². The van der Waals surface area contributed by atoms with Gasteiger partial charge >= 0.3 is 5.97 Å². The molecule has 1 N–H and O–H groups in total. The number of hydrogen-bond acceptors (Lipinski definition) is 6. The van der Waals surface area contributed by atoms with Crippen molar-refractivity contribution in [3.63, 3.8) is 0 Å². The van der Waals surface area contributed by atoms with Gasteiger partial charge in [0.1, 0.15) is 11.3 Å². The molecule has 2 aliphatic rings. The monoisotopic (exact) mass is 321 g/mol. The topological polar surface area (TPSA) is 66.0 Å². The van der Waals surface area contributed by atoms with Gasteiger partial charge in [-0.1, -0.05) is 12.1 Å². The van der Waals surface area contributed by atoms with E-state index >= 15 is 0 Å². The third-order valence-corrected chi connectivity index (χ3v) is 4.74. The van der Waals surface area contributed by atoms with E-state index < -0.39 is 11.3 Å². The summed E-state index contributed by atoms with van der Waals surface area (Å²) in [5, 5.41) is 3.36. The summed E-state index contributed by atoms with van der Waals surface area (Å²) in [5.41, 5.74) is -0.00571. The average Bonchev–Trinajstić information content (AvgIpc) is 3.05. The average molecular weight is 321 g/mol. The molecule has 1 aliphatic carbocycles. The fourth-order valence-electron chi connectivity index (χ4n) is 3.42. The summed E-state index contributed by atoms with van der Waals surface area (Å²) < 4.78 is 22.0. The molecule has 1 aliphatic heterocycles. The lowest BCUT2D eigenvalue weighted by Crippen LogP contribution is -2.53. The van der Waals surface area contributed by atoms with Gasteiger partial charge in [0.25, 0.3) is 0 Å². The minimum absolute atomic E-state index is 0.267. The second-order valence-corrected chi connectivity index (χ2v) is 6.01. The second kappa shape index (κ2) is 6.37. The molecule has 0 bridgehead atoms. The van der Waals surface area contributed by atoms with Crippen LogP contribution in [0.2, 0.25) is 0 Å². The number of carbonyl (C=O) groups is 1. The maximum atomic E-state index is 12.5. The predicted molar refractivity (Wildman–Crippen MR) is 84.5 cm³/mol. The van der Waals surface area contributed by atoms with Crippen LogP contribution in [-0.2, 0) is 19.0 Å². The van der Waals surface area contributed by atoms with Gasteiger partial charge in [-0.2, -0.15) is 0 Å². The van der Waals surface area contributed by atoms with E-state index in [2.05, 4.69) is 5.32 Å². The molecule has 1 aromatic rings. The Bertz CT molecular complexity index is 558. The Morgan fingerprint density at radius 2 is 1.74 bits per heavy atom. The van der Waals surface area contributed by atoms with Gasteiger partial charge in [0, 0.05) is 12.8 Å². The van der Waals surface area contributed by atoms with Crippen LogP contribution < -0.4 is 10.1 Å². The van der Waals surface area contributed by atoms with Crippen LogP contribution in [0.4, 0.5) is 5.69 Å². The van der Waals surface area contributed by atoms with Crippen LogP contribution in [0, 0.1) is 0 Å². The summed E-state index contributed by atoms with van der Waals surface area (Å²) in [4.78, 5) is 12.5. The molecule has 6 heteroatoms. The molecule has 3 rings (SSSR count). The zero-order valence-electron chi connectivity index (χ0n) is 13.6. The first-order valence-electron chi connectivity index (χ1n) is 7.91. The summed E-state index contributed by atoms with van der Waals surface area (Å²) in [5.74, 6) is -0.0966. The van der Waals surface area contributed by atoms with E-state index in [1.807, 2.05) is 24.3 Å². The molecule has 1 saturated heterocycles. The maximum absolute atomic E-state index is 12.5. The van der Waals surface area contributed by atoms with Crippen molar-refractivity contribution in [2.24, 2.45) is 0 Å². The van der Waals surface area contributed by atoms with E-state index in [9.17, 15) is 4.79 Å². The molecule has 1 aromatic carbocycles. The Balaban J connectivity index is 1.82. The van der Waals surface area contributed by atoms with E-state index in [-0.39, 0.29) is 5.97 Å². The number of nitrogens with one attached hydrogen (secondary N) is 1. The quantitative estimate of drug-likeness (QED) is 0.859. The fourth-order valence-corrected chi connectivity index (χ4v) is 3.42. The molecule has 1 saturated carbocycles. The number of hydrogen-bond donors (Lipinski definition) is 1. The smallest absolute Gasteiger partial charge is 0.331 e. The number of carbonyl (C=O) groups excluding carboxylic acids is 1. The minimum Gasteiger partial charge on any atom is -0.495 e. The summed E-state index contributed by atoms with van der Waals surface area (Å²) in [6.07, 6.45) is 2.48. The number of anilines is 1. The lowest BCUT2D eigenvalue weighted by atomic mass is 9.78. The Hall–Kier alpha value is -1.79. The molecule has 23 heavy (non-hydrogen) atoms. The highest BCUT2D eigenvalue weighted by molar-refractivity contribution is 5.85. The number of methoxy groups -OCH3 is 2. The lowest BCUT2D eigenvalue weighted by Gasteiger charge is -2.42. The van der Waals surface area contributed by atoms with E-state index in [1.165, 1.54) is 7.11 Å². The van der Waals surface area contributed by atoms with Gasteiger partial charge in [-0.25, -0.2) is 4.79 Å². The second-order valence-electron chi connectivity index (χ2n) is 6.01. The third-order valence-electron chi connectivity index (χ3n) is 4.74. The number of para-hydroxylation sites is 2. The van der Waals surface area contributed by atoms with Gasteiger partial charge in [-0.15, -0.1) is 0 Å². The Morgan fingerprint density at radius 3 is 2.35 bits per heavy atom. The van der Waals surface area contributed by atoms with Crippen molar-refractivity contribution in [2.75, 3.05) is 32.8 Å². The standard InChI is InChI=1S/C17H23NO5/c1-20-14-6-4-3-5-13(14)18-16(15(19)21-2)7-9-17(10-8-16)22-11-12-23-17/h3-6,18H,7-12H2,1-2H3. The molecule has 0 atom stereocenters. The van der Waals surface area contributed by atoms with Crippen molar-refractivity contribution in [3.05, 3.63) is 24.3 Å². The first-order chi connectivity index (χ1) is 11.1. The van der Waals surface area contributed by atoms with E-state index in [4.69, 9.17) is 18.9 Å². The first-order valence-corrected chi connectivity index (χ1v) is 7.91. The van der Waals surface area contributed by atoms with Crippen LogP contribution in [0.5, 0.6) is 5.75 Å². The van der Waals surface area contributed by atoms with Crippen LogP contribution in [-0.4, -0.2) is 44.7 Å². The fraction of sp³-hybridized carbons (Fsp3) is 0.588. The van der Waals surface area contributed by atoms with Crippen molar-refractivity contribution in [3.8, 4) is 5.75 Å². The van der Waals surface area contributed by atoms with Gasteiger partial charge in [0.2, 0.25) is 0 Å². The van der Waals surface area contributed by atoms with Crippen molar-refractivity contribution in [2.45, 2.75) is 37.0 Å². The van der Waals surface area contributed by atoms with Gasteiger partial charge in [0.15, 0.2) is 5.79 Å². The first kappa shape index (κ1) is 16.1. The third kappa shape index (κ3) is 3.01. The number of rotatable bonds is 4. The van der Waals surface area contributed by atoms with Crippen LogP contribution in [0.3, 0.4) is 0 Å². The Morgan fingerprint density at radius 1 is 1.09 bits per heavy atom. The van der Waals surface area contributed by atoms with Gasteiger partial charge < -0.3 is 24.3 Å². The summed E-state index contributed by atoms with van der Waals surface area (Å²) in [6, 6.07) is 7.56. The zero-order valence-corrected chi connectivity index (χ0v) is 13.6. The van der Waals surface area contributed by atoms with Gasteiger partial charge in [0.05, 0.1) is 33.1 Å². The number of benzene rings is 1. The molecule has 2 fully saturated rings. The highest BCUT2D eigenvalue weighted by Crippen LogP contribution is 2.43. The highest BCUT2D eigenvalue weighted by Gasteiger charge is 2.50. The van der Waals surface area contributed by atoms with Crippen LogP contribution in [0.15, 0.2) is 24.3 Å². The highest BCUT2D eigenvalue weighted by atomic mass is 16.7. The molecule has 126 valence electrons. The molecule has 1 spiro atoms. The predicted octanol–water partition coefficient (Wildman–Crippen LogP) is 2.34. The molecule has 0 unspecified atom stereocenters. The summed E-state index contributed by atoms with van der Waals surface area (Å²) >= 11 is 0. The Labute approximate surface area is 136 Å². The van der Waals surface area contributed by atoms with Crippen LogP contribution in [0.25, 0.3) is 0 Å². The van der Waals surface area contributed by atoms with Crippen LogP contribution >= 0.6 is 0 Å². The molecule has 0 amide bonds. The SMILES string of the molecule is COC(=O)C1(Nc2ccccc2OC)CCC2(CC1)OCCO2. The van der Waals surface area contributed by atoms with Crippen molar-refractivity contribution in [1.29, 1.82) is 0 Å². The molecular formula is C17H23NO5. The molecule has 0 radical (unpaired) electrons. The molecule has 0 aromatic heterocycles. The minimum atomic E-state index is -0.788. The largest absolute Gasteiger partial charge is 0.495 e. The Kier molecular flexibility index (Phi) is 4.46. The number of esters is 1. The molecular weight excluding hydrogens is 298 g/mol. The van der Waals surface area contributed by atoms with Crippen molar-refractivity contribution in [1.82, 2.24) is 0 Å². The normalized spacial score (nSPS) is 21.8. The number of ether oxygens (including phenoxy) is 4. The van der Waals surface area contributed by atoms with E-state index in [1.54, 1.807) is 7.11 Å². The zero-order chi connectivity index (χ0) is 16.3. The van der Waals surface area contributed by atoms with Crippen LogP contribution in [0.1, 0.15) is 25.7 Å². The molecule has 6 nitrogen and oxygen atoms in total. The van der Waals surface area contributed by atoms with Gasteiger partial charge in [-0.3, -0.25) is 0 Å². The van der Waals surface area contributed by atoms with E-state index in [0.717, 1.165) is 5.69 Å². The maximum Gasteiger partial charge on any atom is 0.331 e. The summed E-state index contributed by atoms with van der Waals surface area (Å²) in [7, 11) is 3.03.